The summed E-state index contributed by atoms with van der Waals surface area (Å²) in [6, 6.07) is 4.19. The molecule has 2 aliphatic heterocycles. The van der Waals surface area contributed by atoms with Gasteiger partial charge in [0.25, 0.3) is 5.56 Å². The lowest BCUT2D eigenvalue weighted by molar-refractivity contribution is -0.929. The van der Waals surface area contributed by atoms with E-state index in [0.29, 0.717) is 39.8 Å². The highest BCUT2D eigenvalue weighted by atomic mass is 32.1. The zero-order valence-electron chi connectivity index (χ0n) is 13.8. The number of nitrogens with zero attached hydrogens (tertiary/aromatic N) is 1. The summed E-state index contributed by atoms with van der Waals surface area (Å²) < 4.78 is 12.9. The largest absolute Gasteiger partial charge is 0.454 e. The minimum absolute atomic E-state index is 0.0592. The number of ether oxygens (including phenoxy) is 2. The van der Waals surface area contributed by atoms with Crippen LogP contribution in [0.1, 0.15) is 26.2 Å². The molecule has 1 aromatic heterocycles. The summed E-state index contributed by atoms with van der Waals surface area (Å²) in [6.45, 7) is 5.22. The van der Waals surface area contributed by atoms with Gasteiger partial charge in [0.05, 0.1) is 36.6 Å². The average Bonchev–Trinajstić information content (AvgIpc) is 3.02. The highest BCUT2D eigenvalue weighted by molar-refractivity contribution is 7.71. The fourth-order valence-corrected chi connectivity index (χ4v) is 4.01. The molecule has 2 atom stereocenters. The van der Waals surface area contributed by atoms with Crippen molar-refractivity contribution in [3.8, 4) is 11.5 Å². The van der Waals surface area contributed by atoms with Gasteiger partial charge in [-0.05, 0) is 44.5 Å². The van der Waals surface area contributed by atoms with Crippen molar-refractivity contribution in [1.29, 1.82) is 0 Å². The van der Waals surface area contributed by atoms with E-state index in [0.717, 1.165) is 6.54 Å². The predicted molar refractivity (Wildman–Crippen MR) is 93.5 cm³/mol. The summed E-state index contributed by atoms with van der Waals surface area (Å²) in [5.41, 5.74) is 0.639. The van der Waals surface area contributed by atoms with Gasteiger partial charge in [-0.3, -0.25) is 9.36 Å². The number of likely N-dealkylation sites (tertiary alicyclic amines) is 1. The Morgan fingerprint density at radius 2 is 2.12 bits per heavy atom. The third kappa shape index (κ3) is 2.71. The third-order valence-electron chi connectivity index (χ3n) is 5.21. The van der Waals surface area contributed by atoms with E-state index in [1.807, 2.05) is 0 Å². The zero-order chi connectivity index (χ0) is 16.7. The number of fused-ring (bicyclic) bond motifs is 2. The van der Waals surface area contributed by atoms with Crippen molar-refractivity contribution in [1.82, 2.24) is 9.55 Å². The Kier molecular flexibility index (Phi) is 4.05. The van der Waals surface area contributed by atoms with Gasteiger partial charge >= 0.3 is 0 Å². The van der Waals surface area contributed by atoms with Gasteiger partial charge < -0.3 is 19.4 Å². The molecule has 1 aromatic carbocycles. The van der Waals surface area contributed by atoms with E-state index in [-0.39, 0.29) is 12.4 Å². The molecule has 0 spiro atoms. The van der Waals surface area contributed by atoms with E-state index < -0.39 is 0 Å². The number of benzene rings is 1. The molecule has 1 fully saturated rings. The summed E-state index contributed by atoms with van der Waals surface area (Å²) >= 11 is 5.42. The molecule has 128 valence electrons. The van der Waals surface area contributed by atoms with E-state index in [2.05, 4.69) is 11.9 Å². The zero-order valence-corrected chi connectivity index (χ0v) is 14.6. The van der Waals surface area contributed by atoms with Gasteiger partial charge in [-0.2, -0.15) is 0 Å². The Morgan fingerprint density at radius 3 is 2.92 bits per heavy atom. The molecular formula is C17H22N3O3S+. The first-order chi connectivity index (χ1) is 11.6. The van der Waals surface area contributed by atoms with Crippen LogP contribution in [-0.4, -0.2) is 35.5 Å². The number of H-pyrrole nitrogens is 1. The van der Waals surface area contributed by atoms with Gasteiger partial charge in [0.2, 0.25) is 6.79 Å². The molecule has 6 nitrogen and oxygen atoms in total. The second kappa shape index (κ2) is 6.22. The second-order valence-corrected chi connectivity index (χ2v) is 7.08. The summed E-state index contributed by atoms with van der Waals surface area (Å²) in [7, 11) is 0. The number of rotatable bonds is 3. The number of aromatic nitrogens is 2. The Balaban J connectivity index is 1.67. The molecule has 0 radical (unpaired) electrons. The van der Waals surface area contributed by atoms with Gasteiger partial charge in [-0.1, -0.05) is 0 Å². The monoisotopic (exact) mass is 348 g/mol. The predicted octanol–water partition coefficient (Wildman–Crippen LogP) is 1.25. The molecule has 0 bridgehead atoms. The molecular weight excluding hydrogens is 326 g/mol. The van der Waals surface area contributed by atoms with Gasteiger partial charge in [0, 0.05) is 6.07 Å². The topological polar surface area (TPSA) is 60.7 Å². The van der Waals surface area contributed by atoms with Crippen LogP contribution in [0.25, 0.3) is 10.9 Å². The van der Waals surface area contributed by atoms with Crippen LogP contribution < -0.4 is 19.9 Å². The third-order valence-corrected chi connectivity index (χ3v) is 5.54. The summed E-state index contributed by atoms with van der Waals surface area (Å²) in [5, 5.41) is 0.592. The van der Waals surface area contributed by atoms with Crippen LogP contribution in [0.2, 0.25) is 0 Å². The van der Waals surface area contributed by atoms with Crippen molar-refractivity contribution in [2.24, 2.45) is 0 Å². The second-order valence-electron chi connectivity index (χ2n) is 6.69. The fourth-order valence-electron chi connectivity index (χ4n) is 3.73. The van der Waals surface area contributed by atoms with E-state index in [1.54, 1.807) is 21.6 Å². The Labute approximate surface area is 145 Å². The van der Waals surface area contributed by atoms with E-state index in [9.17, 15) is 4.79 Å². The molecule has 2 aromatic rings. The molecule has 4 rings (SSSR count). The van der Waals surface area contributed by atoms with Crippen LogP contribution in [0.4, 0.5) is 0 Å². The molecule has 2 unspecified atom stereocenters. The number of nitrogens with one attached hydrogen (secondary N) is 2. The van der Waals surface area contributed by atoms with Crippen LogP contribution >= 0.6 is 12.2 Å². The van der Waals surface area contributed by atoms with E-state index in [1.165, 1.54) is 25.8 Å². The molecule has 2 aliphatic rings. The maximum atomic E-state index is 12.9. The molecule has 1 saturated heterocycles. The van der Waals surface area contributed by atoms with Crippen molar-refractivity contribution >= 4 is 23.1 Å². The van der Waals surface area contributed by atoms with Crippen molar-refractivity contribution < 1.29 is 14.4 Å². The molecule has 0 aliphatic carbocycles. The maximum absolute atomic E-state index is 12.9. The first-order valence-corrected chi connectivity index (χ1v) is 8.95. The van der Waals surface area contributed by atoms with Crippen LogP contribution in [0.3, 0.4) is 0 Å². The van der Waals surface area contributed by atoms with Gasteiger partial charge in [-0.15, -0.1) is 0 Å². The van der Waals surface area contributed by atoms with Gasteiger partial charge in [-0.25, -0.2) is 0 Å². The van der Waals surface area contributed by atoms with E-state index >= 15 is 0 Å². The lowest BCUT2D eigenvalue weighted by Gasteiger charge is -2.30. The molecule has 0 saturated carbocycles. The van der Waals surface area contributed by atoms with Crippen molar-refractivity contribution in [3.05, 3.63) is 27.3 Å². The van der Waals surface area contributed by atoms with E-state index in [4.69, 9.17) is 21.7 Å². The number of quaternary nitrogens is 1. The summed E-state index contributed by atoms with van der Waals surface area (Å²) in [6.07, 6.45) is 3.84. The number of aromatic amines is 1. The Morgan fingerprint density at radius 1 is 1.33 bits per heavy atom. The minimum Gasteiger partial charge on any atom is -0.454 e. The average molecular weight is 348 g/mol. The first-order valence-electron chi connectivity index (χ1n) is 8.54. The van der Waals surface area contributed by atoms with Gasteiger partial charge in [0.15, 0.2) is 16.3 Å². The van der Waals surface area contributed by atoms with Crippen molar-refractivity contribution in [2.45, 2.75) is 38.8 Å². The Bertz CT molecular complexity index is 889. The van der Waals surface area contributed by atoms with Crippen LogP contribution in [-0.2, 0) is 6.54 Å². The fraction of sp³-hybridized carbons (Fsp3) is 0.529. The summed E-state index contributed by atoms with van der Waals surface area (Å²) in [4.78, 5) is 17.6. The molecule has 24 heavy (non-hydrogen) atoms. The summed E-state index contributed by atoms with van der Waals surface area (Å²) in [5.74, 6) is 1.27. The van der Waals surface area contributed by atoms with Crippen LogP contribution in [0.5, 0.6) is 11.5 Å². The van der Waals surface area contributed by atoms with Gasteiger partial charge in [0.1, 0.15) is 0 Å². The lowest BCUT2D eigenvalue weighted by Crippen LogP contribution is -3.16. The molecule has 3 heterocycles. The molecule has 2 N–H and O–H groups in total. The number of hydrogen-bond acceptors (Lipinski definition) is 4. The quantitative estimate of drug-likeness (QED) is 0.820. The van der Waals surface area contributed by atoms with Crippen LogP contribution in [0, 0.1) is 4.77 Å². The number of hydrogen-bond donors (Lipinski definition) is 2. The molecule has 0 amide bonds. The SMILES string of the molecule is CC1CCCC[NH+]1CCn1c(=S)[nH]c2cc3c(cc2c1=O)OCO3. The highest BCUT2D eigenvalue weighted by Gasteiger charge is 2.22. The smallest absolute Gasteiger partial charge is 0.262 e. The lowest BCUT2D eigenvalue weighted by atomic mass is 10.0. The standard InChI is InChI=1S/C17H21N3O3S/c1-11-4-2-3-5-19(11)6-7-20-16(21)12-8-14-15(23-10-22-14)9-13(12)18-17(20)24/h8-9,11H,2-7,10H2,1H3,(H,18,24)/p+1. The number of piperidine rings is 1. The first kappa shape index (κ1) is 15.7. The minimum atomic E-state index is -0.0592. The normalized spacial score (nSPS) is 22.9. The Hall–Kier alpha value is -1.86. The van der Waals surface area contributed by atoms with Crippen molar-refractivity contribution in [2.75, 3.05) is 19.9 Å². The molecule has 7 heteroatoms. The van der Waals surface area contributed by atoms with Crippen molar-refractivity contribution in [3.63, 3.8) is 0 Å². The van der Waals surface area contributed by atoms with Crippen LogP contribution in [0.15, 0.2) is 16.9 Å². The maximum Gasteiger partial charge on any atom is 0.262 e. The highest BCUT2D eigenvalue weighted by Crippen LogP contribution is 2.34.